The van der Waals surface area contributed by atoms with Crippen LogP contribution in [-0.4, -0.2) is 5.11 Å². The first-order valence-electron chi connectivity index (χ1n) is 6.45. The third kappa shape index (κ3) is 2.92. The highest BCUT2D eigenvalue weighted by molar-refractivity contribution is 5.69. The normalized spacial score (nSPS) is 10.9. The van der Waals surface area contributed by atoms with E-state index in [0.717, 1.165) is 17.5 Å². The molecule has 2 aromatic rings. The lowest BCUT2D eigenvalue weighted by atomic mass is 9.93. The minimum absolute atomic E-state index is 0.337. The van der Waals surface area contributed by atoms with Crippen molar-refractivity contribution in [2.45, 2.75) is 27.2 Å². The van der Waals surface area contributed by atoms with Gasteiger partial charge in [-0.05, 0) is 53.6 Å². The lowest BCUT2D eigenvalue weighted by molar-refractivity contribution is 0.475. The largest absolute Gasteiger partial charge is 0.508 e. The van der Waals surface area contributed by atoms with Gasteiger partial charge < -0.3 is 5.11 Å². The zero-order valence-corrected chi connectivity index (χ0v) is 11.3. The molecule has 0 amide bonds. The first-order chi connectivity index (χ1) is 8.56. The van der Waals surface area contributed by atoms with Crippen LogP contribution < -0.4 is 0 Å². The van der Waals surface area contributed by atoms with Crippen molar-refractivity contribution >= 4 is 0 Å². The second-order valence-electron chi connectivity index (χ2n) is 5.31. The van der Waals surface area contributed by atoms with Crippen LogP contribution >= 0.6 is 0 Å². The Balaban J connectivity index is 2.49. The van der Waals surface area contributed by atoms with Crippen molar-refractivity contribution in [1.29, 1.82) is 0 Å². The molecule has 0 atom stereocenters. The third-order valence-corrected chi connectivity index (χ3v) is 3.02. The Hall–Kier alpha value is -1.76. The molecule has 0 aromatic heterocycles. The van der Waals surface area contributed by atoms with Crippen molar-refractivity contribution in [1.82, 2.24) is 0 Å². The number of rotatable bonds is 3. The van der Waals surface area contributed by atoms with Gasteiger partial charge in [0.25, 0.3) is 0 Å². The van der Waals surface area contributed by atoms with Crippen molar-refractivity contribution < 1.29 is 5.11 Å². The average molecular weight is 240 g/mol. The fourth-order valence-corrected chi connectivity index (χ4v) is 2.34. The quantitative estimate of drug-likeness (QED) is 0.833. The fraction of sp³-hybridized carbons (Fsp3) is 0.294. The Labute approximate surface area is 109 Å². The van der Waals surface area contributed by atoms with Crippen LogP contribution in [0.25, 0.3) is 11.1 Å². The highest BCUT2D eigenvalue weighted by atomic mass is 16.3. The molecule has 94 valence electrons. The van der Waals surface area contributed by atoms with Crippen LogP contribution in [0.4, 0.5) is 0 Å². The zero-order chi connectivity index (χ0) is 13.1. The maximum atomic E-state index is 9.73. The lowest BCUT2D eigenvalue weighted by Gasteiger charge is -2.12. The Kier molecular flexibility index (Phi) is 3.71. The molecule has 2 aromatic carbocycles. The average Bonchev–Trinajstić information content (AvgIpc) is 2.27. The summed E-state index contributed by atoms with van der Waals surface area (Å²) in [5, 5.41) is 9.73. The molecule has 0 aliphatic rings. The molecule has 0 spiro atoms. The highest BCUT2D eigenvalue weighted by Crippen LogP contribution is 2.29. The summed E-state index contributed by atoms with van der Waals surface area (Å²) < 4.78 is 0. The second-order valence-corrected chi connectivity index (χ2v) is 5.31. The molecule has 0 fully saturated rings. The number of hydrogen-bond donors (Lipinski definition) is 1. The molecule has 2 rings (SSSR count). The Morgan fingerprint density at radius 2 is 1.78 bits per heavy atom. The van der Waals surface area contributed by atoms with Gasteiger partial charge in [0.1, 0.15) is 5.75 Å². The zero-order valence-electron chi connectivity index (χ0n) is 11.3. The minimum atomic E-state index is 0.337. The molecule has 18 heavy (non-hydrogen) atoms. The van der Waals surface area contributed by atoms with Crippen LogP contribution in [0.15, 0.2) is 42.5 Å². The van der Waals surface area contributed by atoms with Crippen molar-refractivity contribution in [3.8, 4) is 16.9 Å². The van der Waals surface area contributed by atoms with Crippen molar-refractivity contribution in [3.05, 3.63) is 53.6 Å². The molecule has 0 bridgehead atoms. The van der Waals surface area contributed by atoms with E-state index in [1.54, 1.807) is 6.07 Å². The Morgan fingerprint density at radius 1 is 1.06 bits per heavy atom. The van der Waals surface area contributed by atoms with Crippen molar-refractivity contribution in [2.24, 2.45) is 5.92 Å². The van der Waals surface area contributed by atoms with Gasteiger partial charge in [-0.1, -0.05) is 44.2 Å². The van der Waals surface area contributed by atoms with Crippen LogP contribution in [0.2, 0.25) is 0 Å². The summed E-state index contributed by atoms with van der Waals surface area (Å²) in [7, 11) is 0. The molecule has 0 saturated carbocycles. The van der Waals surface area contributed by atoms with Crippen LogP contribution in [0.1, 0.15) is 25.0 Å². The maximum Gasteiger partial charge on any atom is 0.116 e. The summed E-state index contributed by atoms with van der Waals surface area (Å²) in [6, 6.07) is 14.2. The van der Waals surface area contributed by atoms with Gasteiger partial charge >= 0.3 is 0 Å². The smallest absolute Gasteiger partial charge is 0.116 e. The van der Waals surface area contributed by atoms with E-state index in [2.05, 4.69) is 44.2 Å². The summed E-state index contributed by atoms with van der Waals surface area (Å²) in [6.45, 7) is 6.46. The minimum Gasteiger partial charge on any atom is -0.508 e. The van der Waals surface area contributed by atoms with E-state index in [-0.39, 0.29) is 0 Å². The summed E-state index contributed by atoms with van der Waals surface area (Å²) in [5.74, 6) is 0.967. The maximum absolute atomic E-state index is 9.73. The van der Waals surface area contributed by atoms with E-state index in [4.69, 9.17) is 0 Å². The van der Waals surface area contributed by atoms with Crippen LogP contribution in [0.3, 0.4) is 0 Å². The fourth-order valence-electron chi connectivity index (χ4n) is 2.34. The molecule has 1 N–H and O–H groups in total. The van der Waals surface area contributed by atoms with Gasteiger partial charge in [-0.3, -0.25) is 0 Å². The van der Waals surface area contributed by atoms with E-state index in [0.29, 0.717) is 11.7 Å². The van der Waals surface area contributed by atoms with E-state index in [9.17, 15) is 5.11 Å². The number of aromatic hydroxyl groups is 1. The highest BCUT2D eigenvalue weighted by Gasteiger charge is 2.07. The van der Waals surface area contributed by atoms with Gasteiger partial charge in [0.15, 0.2) is 0 Å². The van der Waals surface area contributed by atoms with E-state index >= 15 is 0 Å². The van der Waals surface area contributed by atoms with E-state index in [1.807, 2.05) is 13.0 Å². The predicted molar refractivity (Wildman–Crippen MR) is 76.8 cm³/mol. The third-order valence-electron chi connectivity index (χ3n) is 3.02. The molecule has 0 heterocycles. The first-order valence-corrected chi connectivity index (χ1v) is 6.45. The van der Waals surface area contributed by atoms with Gasteiger partial charge in [-0.2, -0.15) is 0 Å². The molecular formula is C17H20O. The molecule has 1 nitrogen and oxygen atoms in total. The summed E-state index contributed by atoms with van der Waals surface area (Å²) in [6.07, 6.45) is 1.06. The van der Waals surface area contributed by atoms with E-state index < -0.39 is 0 Å². The molecule has 0 radical (unpaired) electrons. The molecule has 0 saturated heterocycles. The first kappa shape index (κ1) is 12.7. The number of phenols is 1. The van der Waals surface area contributed by atoms with Crippen LogP contribution in [0, 0.1) is 12.8 Å². The molecule has 0 unspecified atom stereocenters. The number of benzene rings is 2. The van der Waals surface area contributed by atoms with Gasteiger partial charge in [0, 0.05) is 0 Å². The predicted octanol–water partition coefficient (Wildman–Crippen LogP) is 4.57. The lowest BCUT2D eigenvalue weighted by Crippen LogP contribution is -1.96. The standard InChI is InChI=1S/C17H20O/c1-12(2)8-14-6-4-5-7-17(14)15-9-13(3)10-16(18)11-15/h4-7,9-12,18H,8H2,1-3H3. The number of phenolic OH excluding ortho intramolecular Hbond substituents is 1. The van der Waals surface area contributed by atoms with Crippen molar-refractivity contribution in [2.75, 3.05) is 0 Å². The molecule has 0 aliphatic heterocycles. The Bertz CT molecular complexity index is 521. The number of hydrogen-bond acceptors (Lipinski definition) is 1. The summed E-state index contributed by atoms with van der Waals surface area (Å²) >= 11 is 0. The van der Waals surface area contributed by atoms with Crippen LogP contribution in [-0.2, 0) is 6.42 Å². The summed E-state index contributed by atoms with van der Waals surface area (Å²) in [4.78, 5) is 0. The number of aryl methyl sites for hydroxylation is 1. The van der Waals surface area contributed by atoms with Crippen molar-refractivity contribution in [3.63, 3.8) is 0 Å². The monoisotopic (exact) mass is 240 g/mol. The summed E-state index contributed by atoms with van der Waals surface area (Å²) in [5.41, 5.74) is 4.76. The molecule has 1 heteroatoms. The van der Waals surface area contributed by atoms with Gasteiger partial charge in [0.05, 0.1) is 0 Å². The second kappa shape index (κ2) is 5.26. The van der Waals surface area contributed by atoms with Crippen LogP contribution in [0.5, 0.6) is 5.75 Å². The van der Waals surface area contributed by atoms with Gasteiger partial charge in [-0.15, -0.1) is 0 Å². The molecule has 0 aliphatic carbocycles. The SMILES string of the molecule is Cc1cc(O)cc(-c2ccccc2CC(C)C)c1. The van der Waals surface area contributed by atoms with E-state index in [1.165, 1.54) is 11.1 Å². The Morgan fingerprint density at radius 3 is 2.44 bits per heavy atom. The van der Waals surface area contributed by atoms with Gasteiger partial charge in [0.2, 0.25) is 0 Å². The molecular weight excluding hydrogens is 220 g/mol. The topological polar surface area (TPSA) is 20.2 Å². The van der Waals surface area contributed by atoms with Gasteiger partial charge in [-0.25, -0.2) is 0 Å².